The molecule has 1 aromatic carbocycles. The third-order valence-corrected chi connectivity index (χ3v) is 5.93. The smallest absolute Gasteiger partial charge is 0.123 e. The number of hydrogen-bond donors (Lipinski definition) is 1. The molecule has 2 N–H and O–H groups in total. The molecule has 5 rings (SSSR count). The van der Waals surface area contributed by atoms with Gasteiger partial charge in [0.25, 0.3) is 0 Å². The van der Waals surface area contributed by atoms with Crippen molar-refractivity contribution >= 4 is 5.52 Å². The first-order valence-corrected chi connectivity index (χ1v) is 10.1. The van der Waals surface area contributed by atoms with Crippen LogP contribution in [0.2, 0.25) is 0 Å². The Bertz CT molecular complexity index is 1130. The second-order valence-corrected chi connectivity index (χ2v) is 7.88. The largest absolute Gasteiger partial charge is 0.328 e. The third kappa shape index (κ3) is 3.42. The average molecular weight is 386 g/mol. The summed E-state index contributed by atoms with van der Waals surface area (Å²) in [6.07, 6.45) is 10.2. The lowest BCUT2D eigenvalue weighted by Gasteiger charge is -2.26. The van der Waals surface area contributed by atoms with Gasteiger partial charge in [-0.15, -0.1) is 0 Å². The summed E-state index contributed by atoms with van der Waals surface area (Å²) < 4.78 is 15.4. The molecule has 3 heterocycles. The fourth-order valence-electron chi connectivity index (χ4n) is 4.45. The quantitative estimate of drug-likeness (QED) is 0.527. The molecular weight excluding hydrogens is 363 g/mol. The zero-order chi connectivity index (χ0) is 19.8. The predicted molar refractivity (Wildman–Crippen MR) is 113 cm³/mol. The summed E-state index contributed by atoms with van der Waals surface area (Å²) in [5, 5.41) is 4.91. The van der Waals surface area contributed by atoms with E-state index in [0.717, 1.165) is 40.7 Å². The number of halogens is 1. The van der Waals surface area contributed by atoms with Crippen molar-refractivity contribution in [1.82, 2.24) is 14.6 Å². The number of pyridine rings is 2. The SMILES string of the molecule is N[C@H]1CCC[C@H](c2ccc3c(-c4ccncc4)c(-c4ccc(F)cc4)nn3c2)C1. The standard InChI is InChI=1S/C24H23FN4/c25-20-7-4-17(5-8-20)24-23(16-10-12-27-13-11-16)22-9-6-19(15-29(22)28-24)18-2-1-3-21(26)14-18/h4-13,15,18,21H,1-3,14,26H2/t18-,21-/m0/s1. The predicted octanol–water partition coefficient (Wildman–Crippen LogP) is 5.19. The summed E-state index contributed by atoms with van der Waals surface area (Å²) in [6.45, 7) is 0. The van der Waals surface area contributed by atoms with Crippen LogP contribution in [0, 0.1) is 5.82 Å². The fraction of sp³-hybridized carbons (Fsp3) is 0.250. The number of rotatable bonds is 3. The van der Waals surface area contributed by atoms with Crippen LogP contribution in [0.15, 0.2) is 67.1 Å². The maximum Gasteiger partial charge on any atom is 0.123 e. The molecule has 1 aliphatic carbocycles. The molecule has 1 saturated carbocycles. The van der Waals surface area contributed by atoms with Crippen LogP contribution in [0.1, 0.15) is 37.2 Å². The molecule has 0 amide bonds. The molecule has 0 unspecified atom stereocenters. The van der Waals surface area contributed by atoms with Crippen molar-refractivity contribution in [2.24, 2.45) is 5.73 Å². The number of benzene rings is 1. The number of nitrogens with two attached hydrogens (primary N) is 1. The van der Waals surface area contributed by atoms with Crippen molar-refractivity contribution < 1.29 is 4.39 Å². The van der Waals surface area contributed by atoms with Gasteiger partial charge in [-0.25, -0.2) is 8.91 Å². The molecule has 0 bridgehead atoms. The van der Waals surface area contributed by atoms with E-state index in [1.807, 2.05) is 16.6 Å². The second kappa shape index (κ2) is 7.41. The van der Waals surface area contributed by atoms with E-state index >= 15 is 0 Å². The molecule has 0 aliphatic heterocycles. The third-order valence-electron chi connectivity index (χ3n) is 5.93. The number of hydrogen-bond acceptors (Lipinski definition) is 3. The van der Waals surface area contributed by atoms with E-state index in [4.69, 9.17) is 10.8 Å². The van der Waals surface area contributed by atoms with Crippen LogP contribution in [0.5, 0.6) is 0 Å². The van der Waals surface area contributed by atoms with Crippen LogP contribution in [0.3, 0.4) is 0 Å². The molecule has 146 valence electrons. The van der Waals surface area contributed by atoms with Gasteiger partial charge in [0.05, 0.1) is 5.52 Å². The molecule has 5 heteroatoms. The molecule has 3 aromatic heterocycles. The highest BCUT2D eigenvalue weighted by Gasteiger charge is 2.22. The van der Waals surface area contributed by atoms with E-state index in [1.54, 1.807) is 24.5 Å². The first kappa shape index (κ1) is 18.0. The highest BCUT2D eigenvalue weighted by Crippen LogP contribution is 2.37. The molecule has 0 saturated heterocycles. The Labute approximate surface area is 169 Å². The van der Waals surface area contributed by atoms with Gasteiger partial charge in [0, 0.05) is 35.8 Å². The molecule has 1 fully saturated rings. The summed E-state index contributed by atoms with van der Waals surface area (Å²) >= 11 is 0. The average Bonchev–Trinajstić information content (AvgIpc) is 3.13. The van der Waals surface area contributed by atoms with Crippen LogP contribution in [0.4, 0.5) is 4.39 Å². The Morgan fingerprint density at radius 2 is 1.72 bits per heavy atom. The number of nitrogens with zero attached hydrogens (tertiary/aromatic N) is 3. The van der Waals surface area contributed by atoms with Crippen LogP contribution >= 0.6 is 0 Å². The Morgan fingerprint density at radius 1 is 0.931 bits per heavy atom. The Morgan fingerprint density at radius 3 is 2.48 bits per heavy atom. The Hall–Kier alpha value is -3.05. The number of fused-ring (bicyclic) bond motifs is 1. The van der Waals surface area contributed by atoms with Gasteiger partial charge in [0.15, 0.2) is 0 Å². The zero-order valence-electron chi connectivity index (χ0n) is 16.1. The molecule has 4 nitrogen and oxygen atoms in total. The fourth-order valence-corrected chi connectivity index (χ4v) is 4.45. The minimum absolute atomic E-state index is 0.251. The second-order valence-electron chi connectivity index (χ2n) is 7.88. The minimum atomic E-state index is -0.251. The van der Waals surface area contributed by atoms with Crippen LogP contribution < -0.4 is 5.73 Å². The summed E-state index contributed by atoms with van der Waals surface area (Å²) in [7, 11) is 0. The minimum Gasteiger partial charge on any atom is -0.328 e. The van der Waals surface area contributed by atoms with E-state index in [9.17, 15) is 4.39 Å². The Balaban J connectivity index is 1.67. The van der Waals surface area contributed by atoms with Crippen LogP contribution in [-0.2, 0) is 0 Å². The zero-order valence-corrected chi connectivity index (χ0v) is 16.1. The van der Waals surface area contributed by atoms with Gasteiger partial charge in [-0.3, -0.25) is 4.98 Å². The van der Waals surface area contributed by atoms with Crippen molar-refractivity contribution in [3.05, 3.63) is 78.5 Å². The van der Waals surface area contributed by atoms with Crippen molar-refractivity contribution in [2.45, 2.75) is 37.6 Å². The van der Waals surface area contributed by atoms with Crippen molar-refractivity contribution in [2.75, 3.05) is 0 Å². The first-order chi connectivity index (χ1) is 14.2. The van der Waals surface area contributed by atoms with Gasteiger partial charge in [-0.1, -0.05) is 12.5 Å². The van der Waals surface area contributed by atoms with Gasteiger partial charge in [0.1, 0.15) is 11.5 Å². The highest BCUT2D eigenvalue weighted by molar-refractivity contribution is 5.92. The number of aromatic nitrogens is 3. The van der Waals surface area contributed by atoms with Gasteiger partial charge in [-0.05, 0) is 78.8 Å². The van der Waals surface area contributed by atoms with Gasteiger partial charge < -0.3 is 5.73 Å². The van der Waals surface area contributed by atoms with E-state index < -0.39 is 0 Å². The molecule has 4 aromatic rings. The van der Waals surface area contributed by atoms with Crippen molar-refractivity contribution in [3.63, 3.8) is 0 Å². The van der Waals surface area contributed by atoms with E-state index in [2.05, 4.69) is 23.3 Å². The molecule has 29 heavy (non-hydrogen) atoms. The lowest BCUT2D eigenvalue weighted by atomic mass is 9.82. The monoisotopic (exact) mass is 386 g/mol. The summed E-state index contributed by atoms with van der Waals surface area (Å²) in [4.78, 5) is 4.14. The Kier molecular flexibility index (Phi) is 4.60. The van der Waals surface area contributed by atoms with Gasteiger partial charge in [0.2, 0.25) is 0 Å². The topological polar surface area (TPSA) is 56.2 Å². The molecule has 2 atom stereocenters. The van der Waals surface area contributed by atoms with E-state index in [0.29, 0.717) is 5.92 Å². The van der Waals surface area contributed by atoms with Gasteiger partial charge >= 0.3 is 0 Å². The molecule has 0 spiro atoms. The summed E-state index contributed by atoms with van der Waals surface area (Å²) in [5.74, 6) is 0.227. The van der Waals surface area contributed by atoms with Crippen molar-refractivity contribution in [1.29, 1.82) is 0 Å². The van der Waals surface area contributed by atoms with E-state index in [1.165, 1.54) is 30.5 Å². The highest BCUT2D eigenvalue weighted by atomic mass is 19.1. The lowest BCUT2D eigenvalue weighted by molar-refractivity contribution is 0.392. The molecule has 1 aliphatic rings. The summed E-state index contributed by atoms with van der Waals surface area (Å²) in [6, 6.07) is 15.1. The lowest BCUT2D eigenvalue weighted by Crippen LogP contribution is -2.26. The molecule has 0 radical (unpaired) electrons. The maximum atomic E-state index is 13.5. The van der Waals surface area contributed by atoms with Crippen molar-refractivity contribution in [3.8, 4) is 22.4 Å². The normalized spacial score (nSPS) is 19.5. The molecular formula is C24H23FN4. The van der Waals surface area contributed by atoms with E-state index in [-0.39, 0.29) is 11.9 Å². The first-order valence-electron chi connectivity index (χ1n) is 10.1. The summed E-state index contributed by atoms with van der Waals surface area (Å²) in [5.41, 5.74) is 12.3. The maximum absolute atomic E-state index is 13.5. The van der Waals surface area contributed by atoms with Gasteiger partial charge in [-0.2, -0.15) is 5.10 Å². The van der Waals surface area contributed by atoms with Crippen LogP contribution in [0.25, 0.3) is 27.9 Å². The van der Waals surface area contributed by atoms with Crippen LogP contribution in [-0.4, -0.2) is 20.6 Å².